The molecule has 2 rings (SSSR count). The molecule has 0 aliphatic rings. The number of thiazole rings is 1. The monoisotopic (exact) mass is 319 g/mol. The summed E-state index contributed by atoms with van der Waals surface area (Å²) < 4.78 is 1.03. The molecule has 0 aliphatic heterocycles. The number of Topliss-reactive ketones (excluding diaryl/α,β-unsaturated/α-hetero) is 1. The Morgan fingerprint density at radius 2 is 2.14 bits per heavy atom. The van der Waals surface area contributed by atoms with Crippen LogP contribution in [0.2, 0.25) is 0 Å². The van der Waals surface area contributed by atoms with Crippen LogP contribution in [-0.2, 0) is 0 Å². The molecule has 0 saturated heterocycles. The molecule has 0 bridgehead atoms. The van der Waals surface area contributed by atoms with Gasteiger partial charge in [0, 0.05) is 13.6 Å². The van der Waals surface area contributed by atoms with Gasteiger partial charge >= 0.3 is 0 Å². The van der Waals surface area contributed by atoms with Crippen molar-refractivity contribution in [1.82, 2.24) is 20.9 Å². The maximum Gasteiger partial charge on any atom is 0.208 e. The van der Waals surface area contributed by atoms with E-state index in [0.29, 0.717) is 23.9 Å². The first kappa shape index (κ1) is 16.4. The molecule has 0 saturated carbocycles. The highest BCUT2D eigenvalue weighted by Crippen LogP contribution is 2.23. The van der Waals surface area contributed by atoms with Gasteiger partial charge in [-0.25, -0.2) is 4.98 Å². The van der Waals surface area contributed by atoms with Crippen LogP contribution in [0.15, 0.2) is 24.3 Å². The fourth-order valence-corrected chi connectivity index (χ4v) is 3.10. The molecule has 22 heavy (non-hydrogen) atoms. The molecule has 4 N–H and O–H groups in total. The Morgan fingerprint density at radius 1 is 1.36 bits per heavy atom. The summed E-state index contributed by atoms with van der Waals surface area (Å²) in [5.74, 6) is 0.325. The first-order chi connectivity index (χ1) is 10.7. The molecule has 6 nitrogen and oxygen atoms in total. The van der Waals surface area contributed by atoms with Crippen molar-refractivity contribution >= 4 is 33.3 Å². The van der Waals surface area contributed by atoms with Crippen LogP contribution in [0, 0.1) is 5.41 Å². The molecule has 0 radical (unpaired) electrons. The van der Waals surface area contributed by atoms with Gasteiger partial charge in [0.25, 0.3) is 0 Å². The molecule has 1 atom stereocenters. The van der Waals surface area contributed by atoms with Crippen LogP contribution in [0.1, 0.15) is 22.6 Å². The predicted octanol–water partition coefficient (Wildman–Crippen LogP) is 1.59. The number of carbonyl (C=O) groups excluding carboxylic acids is 1. The molecule has 118 valence electrons. The quantitative estimate of drug-likeness (QED) is 0.269. The highest BCUT2D eigenvalue weighted by molar-refractivity contribution is 7.20. The zero-order valence-corrected chi connectivity index (χ0v) is 13.6. The molecule has 1 heterocycles. The van der Waals surface area contributed by atoms with Crippen LogP contribution in [0.25, 0.3) is 10.2 Å². The van der Waals surface area contributed by atoms with Crippen molar-refractivity contribution < 1.29 is 4.79 Å². The van der Waals surface area contributed by atoms with Gasteiger partial charge in [-0.1, -0.05) is 12.1 Å². The zero-order chi connectivity index (χ0) is 15.9. The summed E-state index contributed by atoms with van der Waals surface area (Å²) in [5, 5.41) is 16.7. The van der Waals surface area contributed by atoms with Gasteiger partial charge in [-0.2, -0.15) is 0 Å². The molecule has 1 aromatic heterocycles. The van der Waals surface area contributed by atoms with Crippen molar-refractivity contribution in [1.29, 1.82) is 5.41 Å². The number of rotatable bonds is 7. The van der Waals surface area contributed by atoms with Crippen molar-refractivity contribution in [2.75, 3.05) is 20.6 Å². The number of guanidine groups is 1. The van der Waals surface area contributed by atoms with E-state index in [2.05, 4.69) is 20.9 Å². The minimum atomic E-state index is -0.244. The molecular formula is C15H21N5OS. The van der Waals surface area contributed by atoms with Gasteiger partial charge in [0.1, 0.15) is 0 Å². The summed E-state index contributed by atoms with van der Waals surface area (Å²) in [4.78, 5) is 17.0. The summed E-state index contributed by atoms with van der Waals surface area (Å²) in [7, 11) is 3.49. The lowest BCUT2D eigenvalue weighted by atomic mass is 10.1. The zero-order valence-electron chi connectivity index (χ0n) is 12.8. The maximum atomic E-state index is 12.5. The van der Waals surface area contributed by atoms with Gasteiger partial charge in [0.15, 0.2) is 11.0 Å². The Labute approximate surface area is 133 Å². The number of carbonyl (C=O) groups is 1. The molecule has 0 unspecified atom stereocenters. The van der Waals surface area contributed by atoms with Gasteiger partial charge in [0.05, 0.1) is 16.3 Å². The van der Waals surface area contributed by atoms with Crippen molar-refractivity contribution in [2.45, 2.75) is 18.9 Å². The topological polar surface area (TPSA) is 89.9 Å². The first-order valence-corrected chi connectivity index (χ1v) is 8.04. The third kappa shape index (κ3) is 4.02. The third-order valence-corrected chi connectivity index (χ3v) is 4.44. The second-order valence-corrected chi connectivity index (χ2v) is 5.92. The standard InChI is InChI=1S/C15H21N5OS/c1-17-11(7-5-9-19-15(16)18-2)13(21)14-20-10-6-3-4-8-12(10)22-14/h3-4,6,8,11,17H,5,7,9H2,1-2H3,(H3,16,18,19)/t11-/m0/s1. The molecule has 0 fully saturated rings. The van der Waals surface area contributed by atoms with Crippen LogP contribution in [0.4, 0.5) is 0 Å². The second-order valence-electron chi connectivity index (χ2n) is 4.89. The van der Waals surface area contributed by atoms with E-state index in [4.69, 9.17) is 5.41 Å². The number of fused-ring (bicyclic) bond motifs is 1. The SMILES string of the molecule is CNC(=N)NCCC[C@H](NC)C(=O)c1nc2ccccc2s1. The van der Waals surface area contributed by atoms with Gasteiger partial charge in [-0.3, -0.25) is 10.2 Å². The first-order valence-electron chi connectivity index (χ1n) is 7.23. The number of nitrogens with zero attached hydrogens (tertiary/aromatic N) is 1. The lowest BCUT2D eigenvalue weighted by Crippen LogP contribution is -2.37. The highest BCUT2D eigenvalue weighted by Gasteiger charge is 2.21. The van der Waals surface area contributed by atoms with Crippen LogP contribution in [-0.4, -0.2) is 43.4 Å². The van der Waals surface area contributed by atoms with E-state index in [-0.39, 0.29) is 11.8 Å². The fraction of sp³-hybridized carbons (Fsp3) is 0.400. The van der Waals surface area contributed by atoms with Gasteiger partial charge in [-0.05, 0) is 32.0 Å². The lowest BCUT2D eigenvalue weighted by molar-refractivity contribution is 0.0941. The van der Waals surface area contributed by atoms with Gasteiger partial charge < -0.3 is 16.0 Å². The number of nitrogens with one attached hydrogen (secondary N) is 4. The maximum absolute atomic E-state index is 12.5. The molecule has 0 aliphatic carbocycles. The van der Waals surface area contributed by atoms with Crippen LogP contribution < -0.4 is 16.0 Å². The van der Waals surface area contributed by atoms with Gasteiger partial charge in [0.2, 0.25) is 5.78 Å². The summed E-state index contributed by atoms with van der Waals surface area (Å²) in [5.41, 5.74) is 0.870. The van der Waals surface area contributed by atoms with E-state index < -0.39 is 0 Å². The summed E-state index contributed by atoms with van der Waals surface area (Å²) in [6, 6.07) is 7.53. The van der Waals surface area contributed by atoms with E-state index in [0.717, 1.165) is 16.6 Å². The number of aromatic nitrogens is 1. The Morgan fingerprint density at radius 3 is 2.82 bits per heavy atom. The highest BCUT2D eigenvalue weighted by atomic mass is 32.1. The molecule has 0 spiro atoms. The Hall–Kier alpha value is -1.99. The molecular weight excluding hydrogens is 298 g/mol. The summed E-state index contributed by atoms with van der Waals surface area (Å²) in [6.45, 7) is 0.658. The molecule has 1 aromatic carbocycles. The number of para-hydroxylation sites is 1. The van der Waals surface area contributed by atoms with E-state index in [1.54, 1.807) is 14.1 Å². The Kier molecular flexibility index (Phi) is 5.85. The van der Waals surface area contributed by atoms with Crippen LogP contribution in [0.5, 0.6) is 0 Å². The Balaban J connectivity index is 1.94. The van der Waals surface area contributed by atoms with E-state index in [1.165, 1.54) is 11.3 Å². The fourth-order valence-electron chi connectivity index (χ4n) is 2.14. The normalized spacial score (nSPS) is 12.1. The second kappa shape index (κ2) is 7.86. The van der Waals surface area contributed by atoms with E-state index in [1.807, 2.05) is 24.3 Å². The summed E-state index contributed by atoms with van der Waals surface area (Å²) in [6.07, 6.45) is 1.50. The average Bonchev–Trinajstić information content (AvgIpc) is 2.98. The minimum absolute atomic E-state index is 0.0346. The van der Waals surface area contributed by atoms with Crippen molar-refractivity contribution in [3.8, 4) is 0 Å². The summed E-state index contributed by atoms with van der Waals surface area (Å²) >= 11 is 1.44. The number of hydrogen-bond donors (Lipinski definition) is 4. The van der Waals surface area contributed by atoms with Crippen LogP contribution >= 0.6 is 11.3 Å². The van der Waals surface area contributed by atoms with Crippen molar-refractivity contribution in [3.05, 3.63) is 29.3 Å². The van der Waals surface area contributed by atoms with Crippen molar-refractivity contribution in [3.63, 3.8) is 0 Å². The average molecular weight is 319 g/mol. The number of ketones is 1. The Bertz CT molecular complexity index is 621. The van der Waals surface area contributed by atoms with E-state index >= 15 is 0 Å². The minimum Gasteiger partial charge on any atom is -0.360 e. The molecule has 0 amide bonds. The molecule has 7 heteroatoms. The lowest BCUT2D eigenvalue weighted by Gasteiger charge is -2.14. The number of hydrogen-bond acceptors (Lipinski definition) is 5. The smallest absolute Gasteiger partial charge is 0.208 e. The molecule has 2 aromatic rings. The predicted molar refractivity (Wildman–Crippen MR) is 90.8 cm³/mol. The third-order valence-electron chi connectivity index (χ3n) is 3.39. The van der Waals surface area contributed by atoms with Crippen LogP contribution in [0.3, 0.4) is 0 Å². The number of benzene rings is 1. The number of likely N-dealkylation sites (N-methyl/N-ethyl adjacent to an activating group) is 1. The van der Waals surface area contributed by atoms with Gasteiger partial charge in [-0.15, -0.1) is 11.3 Å². The van der Waals surface area contributed by atoms with Crippen molar-refractivity contribution in [2.24, 2.45) is 0 Å². The van der Waals surface area contributed by atoms with E-state index in [9.17, 15) is 4.79 Å². The largest absolute Gasteiger partial charge is 0.360 e.